The SMILES string of the molecule is c1ccc(-c2nc(-c3ccccc3)nc(-c3ccc(-n4c5ccccc5c5cc(-c6ccc7sc8ccc(-c9ccc%10c(c9)c9ccccc9n%10-c9ccccc9)cc8c7c6)ccc54)cc3)n2)cc1.c1ccc(-c2nc(-c3ccccc3)nc(-c3cccc(-n4c5ccccc5c5cc(-c6ccc7sc8ccc(-c9ccc%10c(c9)c9ccccc9n%10-c9ccccc9)cc8c7c6)ccc54)c3)n2)cc1. The Morgan fingerprint density at radius 1 is 0.123 bits per heavy atom. The van der Waals surface area contributed by atoms with E-state index in [1.807, 2.05) is 144 Å². The Kier molecular flexibility index (Phi) is 19.1. The molecule has 0 unspecified atom stereocenters. The highest BCUT2D eigenvalue weighted by molar-refractivity contribution is 7.26. The van der Waals surface area contributed by atoms with Gasteiger partial charge in [-0.25, -0.2) is 29.9 Å². The number of nitrogens with zero attached hydrogens (tertiary/aromatic N) is 10. The lowest BCUT2D eigenvalue weighted by molar-refractivity contribution is 1.07. The van der Waals surface area contributed by atoms with E-state index in [0.717, 1.165) is 66.8 Å². The van der Waals surface area contributed by atoms with Gasteiger partial charge in [0.1, 0.15) is 0 Å². The molecule has 0 saturated carbocycles. The first-order valence-electron chi connectivity index (χ1n) is 46.5. The topological polar surface area (TPSA) is 97.1 Å². The van der Waals surface area contributed by atoms with Crippen molar-refractivity contribution >= 4 is 150 Å². The molecule has 644 valence electrons. The van der Waals surface area contributed by atoms with Crippen molar-refractivity contribution in [3.8, 4) is 136 Å². The Balaban J connectivity index is 0.000000139. The molecule has 28 aromatic rings. The van der Waals surface area contributed by atoms with Crippen LogP contribution in [-0.2, 0) is 0 Å². The second kappa shape index (κ2) is 33.1. The zero-order valence-corrected chi connectivity index (χ0v) is 76.0. The number of benzene rings is 20. The molecule has 0 amide bonds. The molecule has 0 spiro atoms. The fraction of sp³-hybridized carbons (Fsp3) is 0. The van der Waals surface area contributed by atoms with Crippen molar-refractivity contribution in [2.75, 3.05) is 0 Å². The fourth-order valence-corrected chi connectivity index (χ4v) is 22.7. The van der Waals surface area contributed by atoms with Crippen LogP contribution in [0.1, 0.15) is 0 Å². The Labute approximate surface area is 801 Å². The lowest BCUT2D eigenvalue weighted by Crippen LogP contribution is -2.01. The van der Waals surface area contributed by atoms with Crippen LogP contribution in [0.25, 0.3) is 263 Å². The molecular weight excluding hydrogens is 1720 g/mol. The van der Waals surface area contributed by atoms with Gasteiger partial charge in [0.25, 0.3) is 0 Å². The summed E-state index contributed by atoms with van der Waals surface area (Å²) in [5.74, 6) is 3.85. The summed E-state index contributed by atoms with van der Waals surface area (Å²) in [6, 6.07) is 169. The summed E-state index contributed by atoms with van der Waals surface area (Å²) in [6.07, 6.45) is 0. The van der Waals surface area contributed by atoms with E-state index in [4.69, 9.17) is 29.9 Å². The van der Waals surface area contributed by atoms with Crippen LogP contribution in [0.5, 0.6) is 0 Å². The molecule has 0 aliphatic carbocycles. The van der Waals surface area contributed by atoms with Gasteiger partial charge in [-0.05, 0) is 226 Å². The van der Waals surface area contributed by atoms with Gasteiger partial charge in [0.05, 0.1) is 44.1 Å². The van der Waals surface area contributed by atoms with Gasteiger partial charge in [-0.3, -0.25) is 0 Å². The molecule has 8 heterocycles. The van der Waals surface area contributed by atoms with Gasteiger partial charge in [-0.2, -0.15) is 0 Å². The third-order valence-electron chi connectivity index (χ3n) is 27.1. The third kappa shape index (κ3) is 13.8. The first-order valence-corrected chi connectivity index (χ1v) is 48.1. The average molecular weight is 1800 g/mol. The van der Waals surface area contributed by atoms with Crippen LogP contribution < -0.4 is 0 Å². The molecule has 0 atom stereocenters. The van der Waals surface area contributed by atoms with Crippen LogP contribution in [-0.4, -0.2) is 48.2 Å². The number of aromatic nitrogens is 10. The molecule has 0 N–H and O–H groups in total. The molecule has 138 heavy (non-hydrogen) atoms. The van der Waals surface area contributed by atoms with Crippen LogP contribution in [0, 0.1) is 0 Å². The molecule has 28 rings (SSSR count). The van der Waals surface area contributed by atoms with Gasteiger partial charge in [0.2, 0.25) is 0 Å². The Hall–Kier alpha value is -17.9. The van der Waals surface area contributed by atoms with Gasteiger partial charge in [-0.15, -0.1) is 22.7 Å². The van der Waals surface area contributed by atoms with Crippen LogP contribution in [0.15, 0.2) is 473 Å². The number of thiophene rings is 2. The van der Waals surface area contributed by atoms with Crippen LogP contribution in [0.2, 0.25) is 0 Å². The number of fused-ring (bicyclic) bond motifs is 18. The van der Waals surface area contributed by atoms with Crippen molar-refractivity contribution in [2.24, 2.45) is 0 Å². The maximum absolute atomic E-state index is 5.05. The second-order valence-corrected chi connectivity index (χ2v) is 37.4. The largest absolute Gasteiger partial charge is 0.309 e. The van der Waals surface area contributed by atoms with Crippen LogP contribution in [0.3, 0.4) is 0 Å². The highest BCUT2D eigenvalue weighted by atomic mass is 32.1. The standard InChI is InChI=1S/2C63H39N5S/c1-4-15-40(16-5-1)61-64-62(41-17-6-2-7-18-41)66-63(65-61)46-19-14-22-48(35-46)68-56-26-13-11-24-50(56)52-37-43(28-32-58(52)68)45-30-34-60-54(39-45)53-38-44(29-33-59(53)69-60)42-27-31-57-51(36-42)49-23-10-12-25-55(49)67(57)47-20-8-3-9-21-47;1-4-14-40(15-5-1)61-64-62(41-16-6-2-7-17-41)66-63(65-61)42-24-30-48(31-25-42)68-56-23-13-11-21-50(56)52-37-44(27-33-58(52)68)46-29-35-60-54(39-46)53-38-45(28-34-59(53)69-60)43-26-32-57-51(36-43)49-20-10-12-22-55(49)67(57)47-18-8-3-9-19-47/h2*1-39H. The number of hydrogen-bond donors (Lipinski definition) is 0. The summed E-state index contributed by atoms with van der Waals surface area (Å²) in [4.78, 5) is 29.9. The Morgan fingerprint density at radius 3 is 0.609 bits per heavy atom. The van der Waals surface area contributed by atoms with Crippen LogP contribution >= 0.6 is 22.7 Å². The van der Waals surface area contributed by atoms with E-state index in [1.165, 1.54) is 161 Å². The molecule has 8 aromatic heterocycles. The lowest BCUT2D eigenvalue weighted by atomic mass is 9.98. The van der Waals surface area contributed by atoms with Crippen molar-refractivity contribution < 1.29 is 0 Å². The van der Waals surface area contributed by atoms with E-state index in [9.17, 15) is 0 Å². The number of hydrogen-bond acceptors (Lipinski definition) is 8. The minimum Gasteiger partial charge on any atom is -0.309 e. The van der Waals surface area contributed by atoms with Crippen molar-refractivity contribution in [1.82, 2.24) is 48.2 Å². The number of rotatable bonds is 14. The maximum Gasteiger partial charge on any atom is 0.164 e. The molecule has 20 aromatic carbocycles. The predicted molar refractivity (Wildman–Crippen MR) is 577 cm³/mol. The van der Waals surface area contributed by atoms with Crippen molar-refractivity contribution in [3.63, 3.8) is 0 Å². The summed E-state index contributed by atoms with van der Waals surface area (Å²) >= 11 is 3.72. The quantitative estimate of drug-likeness (QED) is 0.108. The molecule has 0 aliphatic heterocycles. The zero-order valence-electron chi connectivity index (χ0n) is 74.3. The summed E-state index contributed by atoms with van der Waals surface area (Å²) in [6.45, 7) is 0. The second-order valence-electron chi connectivity index (χ2n) is 35.2. The summed E-state index contributed by atoms with van der Waals surface area (Å²) < 4.78 is 14.6. The Bertz CT molecular complexity index is 9590. The third-order valence-corrected chi connectivity index (χ3v) is 29.4. The maximum atomic E-state index is 5.05. The number of para-hydroxylation sites is 6. The van der Waals surface area contributed by atoms with E-state index >= 15 is 0 Å². The molecule has 10 nitrogen and oxygen atoms in total. The van der Waals surface area contributed by atoms with Crippen molar-refractivity contribution in [2.45, 2.75) is 0 Å². The first-order chi connectivity index (χ1) is 68.4. The van der Waals surface area contributed by atoms with Gasteiger partial charge in [-0.1, -0.05) is 291 Å². The molecular formula is C126H78N10S2. The molecule has 0 aliphatic rings. The molecule has 12 heteroatoms. The minimum atomic E-state index is 0.629. The highest BCUT2D eigenvalue weighted by Crippen LogP contribution is 2.47. The van der Waals surface area contributed by atoms with E-state index in [0.29, 0.717) is 34.9 Å². The highest BCUT2D eigenvalue weighted by Gasteiger charge is 2.24. The van der Waals surface area contributed by atoms with Gasteiger partial charge < -0.3 is 18.3 Å². The molecule has 0 radical (unpaired) electrons. The van der Waals surface area contributed by atoms with Crippen LogP contribution in [0.4, 0.5) is 0 Å². The first kappa shape index (κ1) is 79.8. The summed E-state index contributed by atoms with van der Waals surface area (Å²) in [7, 11) is 0. The van der Waals surface area contributed by atoms with Gasteiger partial charge >= 0.3 is 0 Å². The smallest absolute Gasteiger partial charge is 0.164 e. The molecule has 0 bridgehead atoms. The zero-order chi connectivity index (χ0) is 90.8. The Morgan fingerprint density at radius 2 is 0.319 bits per heavy atom. The summed E-state index contributed by atoms with van der Waals surface area (Å²) in [5.41, 5.74) is 29.2. The van der Waals surface area contributed by atoms with Crippen molar-refractivity contribution in [1.29, 1.82) is 0 Å². The van der Waals surface area contributed by atoms with E-state index in [-0.39, 0.29) is 0 Å². The van der Waals surface area contributed by atoms with E-state index < -0.39 is 0 Å². The lowest BCUT2D eigenvalue weighted by Gasteiger charge is -2.12. The molecule has 0 fully saturated rings. The van der Waals surface area contributed by atoms with E-state index in [1.54, 1.807) is 0 Å². The summed E-state index contributed by atoms with van der Waals surface area (Å²) in [5, 5.41) is 15.0. The minimum absolute atomic E-state index is 0.629. The van der Waals surface area contributed by atoms with Crippen molar-refractivity contribution in [3.05, 3.63) is 473 Å². The fourth-order valence-electron chi connectivity index (χ4n) is 20.6. The monoisotopic (exact) mass is 1790 g/mol. The van der Waals surface area contributed by atoms with Gasteiger partial charge in [0, 0.05) is 140 Å². The normalized spacial score (nSPS) is 11.8. The molecule has 0 saturated heterocycles. The van der Waals surface area contributed by atoms with E-state index in [2.05, 4.69) is 370 Å². The predicted octanol–water partition coefficient (Wildman–Crippen LogP) is 33.5. The average Bonchev–Trinajstić information content (AvgIpc) is 1.60. The van der Waals surface area contributed by atoms with Gasteiger partial charge in [0.15, 0.2) is 34.9 Å².